The molecule has 0 saturated carbocycles. The first-order chi connectivity index (χ1) is 10.1. The van der Waals surface area contributed by atoms with Crippen LogP contribution < -0.4 is 0 Å². The number of ether oxygens (including phenoxy) is 1. The predicted octanol–water partition coefficient (Wildman–Crippen LogP) is 4.26. The van der Waals surface area contributed by atoms with Gasteiger partial charge in [-0.2, -0.15) is 10.1 Å². The van der Waals surface area contributed by atoms with Crippen molar-refractivity contribution in [2.75, 3.05) is 7.11 Å². The molecule has 2 aromatic rings. The number of hydrogen-bond donors (Lipinski definition) is 0. The maximum Gasteiger partial charge on any atom is 0.186 e. The summed E-state index contributed by atoms with van der Waals surface area (Å²) in [6.07, 6.45) is 1.82. The molecule has 0 atom stereocenters. The molecule has 2 rings (SSSR count). The minimum atomic E-state index is 0.635. The Kier molecular flexibility index (Phi) is 4.78. The van der Waals surface area contributed by atoms with Gasteiger partial charge in [-0.15, -0.1) is 0 Å². The summed E-state index contributed by atoms with van der Waals surface area (Å²) in [6, 6.07) is 8.28. The van der Waals surface area contributed by atoms with Crippen LogP contribution in [-0.4, -0.2) is 22.8 Å². The molecule has 0 bridgehead atoms. The highest BCUT2D eigenvalue weighted by Gasteiger charge is 2.13. The van der Waals surface area contributed by atoms with Crippen molar-refractivity contribution in [3.8, 4) is 0 Å². The Morgan fingerprint density at radius 1 is 1.24 bits per heavy atom. The molecule has 0 amide bonds. The molecular formula is C17H23N3O. The molecule has 112 valence electrons. The van der Waals surface area contributed by atoms with Crippen molar-refractivity contribution >= 4 is 22.6 Å². The largest absolute Gasteiger partial charge is 0.484 e. The zero-order chi connectivity index (χ0) is 15.4. The number of hydrogen-bond acceptors (Lipinski definition) is 3. The third-order valence-electron chi connectivity index (χ3n) is 3.67. The normalized spacial score (nSPS) is 13.5. The van der Waals surface area contributed by atoms with E-state index < -0.39 is 0 Å². The van der Waals surface area contributed by atoms with Gasteiger partial charge in [0.15, 0.2) is 11.7 Å². The van der Waals surface area contributed by atoms with Gasteiger partial charge in [-0.1, -0.05) is 32.0 Å². The van der Waals surface area contributed by atoms with Crippen LogP contribution in [-0.2, 0) is 11.2 Å². The Morgan fingerprint density at radius 3 is 2.57 bits per heavy atom. The molecule has 0 aliphatic carbocycles. The van der Waals surface area contributed by atoms with Gasteiger partial charge in [0, 0.05) is 12.3 Å². The molecular weight excluding hydrogens is 262 g/mol. The Bertz CT molecular complexity index is 695. The van der Waals surface area contributed by atoms with E-state index in [4.69, 9.17) is 9.84 Å². The molecule has 1 heterocycles. The first-order valence-electron chi connectivity index (χ1n) is 7.38. The molecule has 4 nitrogen and oxygen atoms in total. The second kappa shape index (κ2) is 6.57. The van der Waals surface area contributed by atoms with Gasteiger partial charge in [0.05, 0.1) is 18.3 Å². The zero-order valence-corrected chi connectivity index (χ0v) is 13.5. The Morgan fingerprint density at radius 2 is 1.95 bits per heavy atom. The topological polar surface area (TPSA) is 39.4 Å². The summed E-state index contributed by atoms with van der Waals surface area (Å²) in [4.78, 5) is 4.61. The fourth-order valence-electron chi connectivity index (χ4n) is 2.23. The number of aliphatic imine (C=N–C) groups is 1. The average molecular weight is 285 g/mol. The fraction of sp³-hybridized carbons (Fsp3) is 0.412. The number of rotatable bonds is 4. The highest BCUT2D eigenvalue weighted by molar-refractivity contribution is 5.86. The Hall–Kier alpha value is -2.10. The number of aryl methyl sites for hydroxylation is 1. The summed E-state index contributed by atoms with van der Waals surface area (Å²) in [5.74, 6) is 1.49. The van der Waals surface area contributed by atoms with E-state index in [0.29, 0.717) is 5.90 Å². The van der Waals surface area contributed by atoms with Crippen molar-refractivity contribution in [2.24, 2.45) is 4.99 Å². The van der Waals surface area contributed by atoms with Crippen LogP contribution in [0.15, 0.2) is 34.8 Å². The first-order valence-corrected chi connectivity index (χ1v) is 7.38. The highest BCUT2D eigenvalue weighted by atomic mass is 16.5. The number of nitrogens with zero attached hydrogens (tertiary/aromatic N) is 3. The number of methoxy groups -OCH3 is 1. The van der Waals surface area contributed by atoms with Gasteiger partial charge in [-0.25, -0.2) is 4.68 Å². The second-order valence-electron chi connectivity index (χ2n) is 5.02. The predicted molar refractivity (Wildman–Crippen MR) is 88.4 cm³/mol. The van der Waals surface area contributed by atoms with Crippen molar-refractivity contribution in [1.29, 1.82) is 0 Å². The maximum atomic E-state index is 5.22. The van der Waals surface area contributed by atoms with E-state index >= 15 is 0 Å². The summed E-state index contributed by atoms with van der Waals surface area (Å²) >= 11 is 0. The highest BCUT2D eigenvalue weighted by Crippen LogP contribution is 2.25. The number of para-hydroxylation sites is 1. The summed E-state index contributed by atoms with van der Waals surface area (Å²) in [7, 11) is 1.64. The molecule has 0 aliphatic heterocycles. The monoisotopic (exact) mass is 285 g/mol. The van der Waals surface area contributed by atoms with Crippen molar-refractivity contribution in [3.05, 3.63) is 35.5 Å². The molecule has 0 unspecified atom stereocenters. The molecule has 0 N–H and O–H groups in total. The third-order valence-corrected chi connectivity index (χ3v) is 3.67. The van der Waals surface area contributed by atoms with Crippen molar-refractivity contribution < 1.29 is 4.74 Å². The molecule has 0 saturated heterocycles. The number of benzene rings is 1. The van der Waals surface area contributed by atoms with Crippen LogP contribution in [0.5, 0.6) is 0 Å². The van der Waals surface area contributed by atoms with E-state index in [1.165, 1.54) is 11.0 Å². The Labute approximate surface area is 126 Å². The van der Waals surface area contributed by atoms with E-state index in [-0.39, 0.29) is 0 Å². The number of aromatic nitrogens is 2. The van der Waals surface area contributed by atoms with Gasteiger partial charge in [0.25, 0.3) is 0 Å². The summed E-state index contributed by atoms with van der Waals surface area (Å²) in [5.41, 5.74) is 3.37. The molecule has 0 fully saturated rings. The van der Waals surface area contributed by atoms with Crippen molar-refractivity contribution in [2.45, 2.75) is 40.5 Å². The third kappa shape index (κ3) is 2.99. The van der Waals surface area contributed by atoms with Crippen LogP contribution in [0.4, 0.5) is 0 Å². The van der Waals surface area contributed by atoms with Gasteiger partial charge in [-0.05, 0) is 31.4 Å². The second-order valence-corrected chi connectivity index (χ2v) is 5.02. The smallest absolute Gasteiger partial charge is 0.186 e. The van der Waals surface area contributed by atoms with E-state index in [1.54, 1.807) is 7.11 Å². The van der Waals surface area contributed by atoms with Crippen molar-refractivity contribution in [3.63, 3.8) is 0 Å². The lowest BCUT2D eigenvalue weighted by molar-refractivity contribution is 0.400. The van der Waals surface area contributed by atoms with Crippen LogP contribution in [0.2, 0.25) is 0 Å². The SMILES string of the molecule is CCC(C)=C(N=C(C)OC)n1nc(CC)c2ccccc21. The van der Waals surface area contributed by atoms with Gasteiger partial charge in [0.2, 0.25) is 0 Å². The van der Waals surface area contributed by atoms with Gasteiger partial charge >= 0.3 is 0 Å². The number of fused-ring (bicyclic) bond motifs is 1. The first kappa shape index (κ1) is 15.3. The zero-order valence-electron chi connectivity index (χ0n) is 13.5. The molecule has 0 radical (unpaired) electrons. The van der Waals surface area contributed by atoms with Crippen molar-refractivity contribution in [1.82, 2.24) is 9.78 Å². The minimum absolute atomic E-state index is 0.635. The van der Waals surface area contributed by atoms with Gasteiger partial charge in [0.1, 0.15) is 0 Å². The molecule has 1 aromatic carbocycles. The molecule has 0 aliphatic rings. The van der Waals surface area contributed by atoms with Gasteiger partial charge < -0.3 is 4.74 Å². The van der Waals surface area contributed by atoms with Crippen LogP contribution in [0.25, 0.3) is 16.7 Å². The summed E-state index contributed by atoms with van der Waals surface area (Å²) < 4.78 is 7.16. The molecule has 4 heteroatoms. The van der Waals surface area contributed by atoms with Crippen LogP contribution >= 0.6 is 0 Å². The Balaban J connectivity index is 2.72. The van der Waals surface area contributed by atoms with E-state index in [1.807, 2.05) is 23.7 Å². The van der Waals surface area contributed by atoms with Crippen LogP contribution in [0, 0.1) is 0 Å². The lowest BCUT2D eigenvalue weighted by atomic mass is 10.2. The van der Waals surface area contributed by atoms with Crippen LogP contribution in [0.3, 0.4) is 0 Å². The summed E-state index contributed by atoms with van der Waals surface area (Å²) in [6.45, 7) is 8.19. The fourth-order valence-corrected chi connectivity index (χ4v) is 2.23. The molecule has 0 spiro atoms. The van der Waals surface area contributed by atoms with Crippen LogP contribution in [0.1, 0.15) is 39.8 Å². The average Bonchev–Trinajstić information content (AvgIpc) is 2.90. The minimum Gasteiger partial charge on any atom is -0.484 e. The standard InChI is InChI=1S/C17H23N3O/c1-6-12(3)17(18-13(4)21-5)20-16-11-9-8-10-14(16)15(7-2)19-20/h8-11H,6-7H2,1-5H3. The lowest BCUT2D eigenvalue weighted by Gasteiger charge is -2.09. The van der Waals surface area contributed by atoms with E-state index in [0.717, 1.165) is 29.9 Å². The van der Waals surface area contributed by atoms with E-state index in [2.05, 4.69) is 37.9 Å². The van der Waals surface area contributed by atoms with Gasteiger partial charge in [-0.3, -0.25) is 0 Å². The maximum absolute atomic E-state index is 5.22. The number of allylic oxidation sites excluding steroid dienone is 1. The molecule has 21 heavy (non-hydrogen) atoms. The lowest BCUT2D eigenvalue weighted by Crippen LogP contribution is -2.04. The van der Waals surface area contributed by atoms with E-state index in [9.17, 15) is 0 Å². The summed E-state index contributed by atoms with van der Waals surface area (Å²) in [5, 5.41) is 5.95. The molecule has 1 aromatic heterocycles. The quantitative estimate of drug-likeness (QED) is 0.622.